The van der Waals surface area contributed by atoms with Gasteiger partial charge in [0.2, 0.25) is 5.91 Å². The average molecular weight is 309 g/mol. The summed E-state index contributed by atoms with van der Waals surface area (Å²) in [5.41, 5.74) is 0.0137. The second-order valence-corrected chi connectivity index (χ2v) is 5.48. The zero-order chi connectivity index (χ0) is 15.9. The normalized spacial score (nSPS) is 20.7. The van der Waals surface area contributed by atoms with Crippen LogP contribution >= 0.6 is 0 Å². The fraction of sp³-hybridized carbons (Fsp3) is 0.333. The Morgan fingerprint density at radius 1 is 1.27 bits per heavy atom. The van der Waals surface area contributed by atoms with Crippen LogP contribution in [0.1, 0.15) is 19.0 Å². The Kier molecular flexibility index (Phi) is 3.42. The lowest BCUT2D eigenvalue weighted by molar-refractivity contribution is -0.142. The first-order valence-corrected chi connectivity index (χ1v) is 6.89. The predicted octanol–water partition coefficient (Wildman–Crippen LogP) is 3.49. The highest BCUT2D eigenvalue weighted by atomic mass is 19.4. The molecule has 3 rings (SSSR count). The van der Waals surface area contributed by atoms with Crippen LogP contribution in [0.5, 0.6) is 0 Å². The second-order valence-electron chi connectivity index (χ2n) is 5.48. The van der Waals surface area contributed by atoms with E-state index in [9.17, 15) is 18.0 Å². The molecule has 1 aromatic carbocycles. The van der Waals surface area contributed by atoms with Crippen molar-refractivity contribution in [2.24, 2.45) is 11.8 Å². The van der Waals surface area contributed by atoms with Gasteiger partial charge in [0, 0.05) is 11.6 Å². The van der Waals surface area contributed by atoms with Gasteiger partial charge in [-0.3, -0.25) is 4.79 Å². The Labute approximate surface area is 124 Å². The minimum absolute atomic E-state index is 0.0441. The molecule has 1 N–H and O–H groups in total. The molecule has 1 fully saturated rings. The van der Waals surface area contributed by atoms with E-state index in [1.807, 2.05) is 6.92 Å². The summed E-state index contributed by atoms with van der Waals surface area (Å²) in [4.78, 5) is 11.8. The zero-order valence-electron chi connectivity index (χ0n) is 11.8. The van der Waals surface area contributed by atoms with Gasteiger partial charge in [-0.05, 0) is 42.7 Å². The molecule has 0 radical (unpaired) electrons. The highest BCUT2D eigenvalue weighted by Gasteiger charge is 2.39. The summed E-state index contributed by atoms with van der Waals surface area (Å²) in [6, 6.07) is 7.05. The van der Waals surface area contributed by atoms with Gasteiger partial charge in [-0.2, -0.15) is 18.3 Å². The summed E-state index contributed by atoms with van der Waals surface area (Å²) in [5.74, 6) is 0.399. The van der Waals surface area contributed by atoms with Crippen molar-refractivity contribution in [2.75, 3.05) is 5.32 Å². The first kappa shape index (κ1) is 14.6. The zero-order valence-corrected chi connectivity index (χ0v) is 11.8. The Bertz CT molecular complexity index is 691. The van der Waals surface area contributed by atoms with Gasteiger partial charge in [-0.1, -0.05) is 6.92 Å². The molecule has 4 nitrogen and oxygen atoms in total. The number of halogens is 3. The number of carbonyl (C=O) groups is 1. The van der Waals surface area contributed by atoms with Crippen LogP contribution < -0.4 is 5.32 Å². The lowest BCUT2D eigenvalue weighted by Gasteiger charge is -2.11. The number of carbonyl (C=O) groups excluding carboxylic acids is 1. The molecule has 1 aliphatic carbocycles. The molecule has 116 valence electrons. The molecule has 22 heavy (non-hydrogen) atoms. The van der Waals surface area contributed by atoms with E-state index in [-0.39, 0.29) is 17.5 Å². The van der Waals surface area contributed by atoms with E-state index in [0.29, 0.717) is 11.6 Å². The number of rotatable bonds is 3. The smallest absolute Gasteiger partial charge is 0.326 e. The van der Waals surface area contributed by atoms with E-state index in [0.717, 1.165) is 23.4 Å². The maximum Gasteiger partial charge on any atom is 0.433 e. The van der Waals surface area contributed by atoms with E-state index in [4.69, 9.17) is 0 Å². The lowest BCUT2D eigenvalue weighted by Crippen LogP contribution is -2.15. The Hall–Kier alpha value is -2.31. The van der Waals surface area contributed by atoms with E-state index in [2.05, 4.69) is 10.4 Å². The number of nitrogens with zero attached hydrogens (tertiary/aromatic N) is 2. The van der Waals surface area contributed by atoms with Gasteiger partial charge in [0.05, 0.1) is 11.9 Å². The quantitative estimate of drug-likeness (QED) is 0.943. The number of alkyl halides is 3. The summed E-state index contributed by atoms with van der Waals surface area (Å²) in [6.07, 6.45) is -2.48. The summed E-state index contributed by atoms with van der Waals surface area (Å²) in [5, 5.41) is 6.46. The monoisotopic (exact) mass is 309 g/mol. The van der Waals surface area contributed by atoms with Crippen LogP contribution in [0.2, 0.25) is 0 Å². The van der Waals surface area contributed by atoms with Crippen LogP contribution in [0, 0.1) is 11.8 Å². The fourth-order valence-corrected chi connectivity index (χ4v) is 2.33. The van der Waals surface area contributed by atoms with E-state index in [1.165, 1.54) is 12.1 Å². The summed E-state index contributed by atoms with van der Waals surface area (Å²) >= 11 is 0. The molecule has 1 heterocycles. The fourth-order valence-electron chi connectivity index (χ4n) is 2.33. The van der Waals surface area contributed by atoms with Crippen LogP contribution in [0.3, 0.4) is 0 Å². The Balaban J connectivity index is 1.77. The second kappa shape index (κ2) is 5.15. The predicted molar refractivity (Wildman–Crippen MR) is 74.5 cm³/mol. The topological polar surface area (TPSA) is 46.9 Å². The van der Waals surface area contributed by atoms with E-state index < -0.39 is 11.9 Å². The van der Waals surface area contributed by atoms with Crippen molar-refractivity contribution in [3.63, 3.8) is 0 Å². The number of anilines is 1. The van der Waals surface area contributed by atoms with Crippen LogP contribution in [0.25, 0.3) is 5.69 Å². The van der Waals surface area contributed by atoms with Gasteiger partial charge < -0.3 is 5.32 Å². The number of hydrogen-bond acceptors (Lipinski definition) is 2. The van der Waals surface area contributed by atoms with Crippen molar-refractivity contribution in [2.45, 2.75) is 19.5 Å². The molecule has 0 aliphatic heterocycles. The van der Waals surface area contributed by atoms with Crippen LogP contribution in [0.15, 0.2) is 36.5 Å². The van der Waals surface area contributed by atoms with Gasteiger partial charge in [-0.15, -0.1) is 0 Å². The summed E-state index contributed by atoms with van der Waals surface area (Å²) in [6.45, 7) is 2.00. The molecule has 1 amide bonds. The molecule has 1 aromatic heterocycles. The molecule has 7 heteroatoms. The van der Waals surface area contributed by atoms with Gasteiger partial charge in [0.25, 0.3) is 0 Å². The number of aromatic nitrogens is 2. The Morgan fingerprint density at radius 3 is 2.45 bits per heavy atom. The average Bonchev–Trinajstić information content (AvgIpc) is 2.99. The molecule has 2 atom stereocenters. The van der Waals surface area contributed by atoms with Crippen LogP contribution in [0.4, 0.5) is 18.9 Å². The van der Waals surface area contributed by atoms with Gasteiger partial charge >= 0.3 is 6.18 Å². The van der Waals surface area contributed by atoms with E-state index >= 15 is 0 Å². The number of nitrogens with one attached hydrogen (secondary N) is 1. The van der Waals surface area contributed by atoms with Crippen LogP contribution in [-0.2, 0) is 11.0 Å². The third-order valence-electron chi connectivity index (χ3n) is 3.76. The van der Waals surface area contributed by atoms with Crippen LogP contribution in [-0.4, -0.2) is 15.7 Å². The first-order chi connectivity index (χ1) is 10.4. The first-order valence-electron chi connectivity index (χ1n) is 6.89. The van der Waals surface area contributed by atoms with E-state index in [1.54, 1.807) is 12.1 Å². The molecule has 2 unspecified atom stereocenters. The summed E-state index contributed by atoms with van der Waals surface area (Å²) in [7, 11) is 0. The minimum Gasteiger partial charge on any atom is -0.326 e. The van der Waals surface area contributed by atoms with Crippen molar-refractivity contribution in [3.8, 4) is 5.69 Å². The van der Waals surface area contributed by atoms with Crippen molar-refractivity contribution < 1.29 is 18.0 Å². The number of benzene rings is 1. The SMILES string of the molecule is CC1CC1C(=O)Nc1ccc(-n2nccc2C(F)(F)F)cc1. The molecule has 0 bridgehead atoms. The molecule has 0 saturated heterocycles. The highest BCUT2D eigenvalue weighted by molar-refractivity contribution is 5.94. The standard InChI is InChI=1S/C15H14F3N3O/c1-9-8-12(9)14(22)20-10-2-4-11(5-3-10)21-13(6-7-19-21)15(16,17)18/h2-7,9,12H,8H2,1H3,(H,20,22). The van der Waals surface area contributed by atoms with Crippen molar-refractivity contribution in [1.29, 1.82) is 0 Å². The van der Waals surface area contributed by atoms with Crippen molar-refractivity contribution >= 4 is 11.6 Å². The maximum absolute atomic E-state index is 12.8. The van der Waals surface area contributed by atoms with Crippen molar-refractivity contribution in [3.05, 3.63) is 42.2 Å². The molecule has 1 aliphatic rings. The maximum atomic E-state index is 12.8. The third-order valence-corrected chi connectivity index (χ3v) is 3.76. The Morgan fingerprint density at radius 2 is 1.91 bits per heavy atom. The molecule has 1 saturated carbocycles. The molecule has 2 aromatic rings. The third kappa shape index (κ3) is 2.84. The molecule has 0 spiro atoms. The molecular formula is C15H14F3N3O. The minimum atomic E-state index is -4.47. The lowest BCUT2D eigenvalue weighted by atomic mass is 10.2. The molecular weight excluding hydrogens is 295 g/mol. The number of amides is 1. The van der Waals surface area contributed by atoms with Crippen molar-refractivity contribution in [1.82, 2.24) is 9.78 Å². The van der Waals surface area contributed by atoms with Gasteiger partial charge in [0.1, 0.15) is 5.69 Å². The van der Waals surface area contributed by atoms with Gasteiger partial charge in [-0.25, -0.2) is 4.68 Å². The number of hydrogen-bond donors (Lipinski definition) is 1. The summed E-state index contributed by atoms with van der Waals surface area (Å²) < 4.78 is 39.3. The van der Waals surface area contributed by atoms with Gasteiger partial charge in [0.15, 0.2) is 0 Å². The largest absolute Gasteiger partial charge is 0.433 e. The highest BCUT2D eigenvalue weighted by Crippen LogP contribution is 2.38.